The standard InChI is InChI=1S/C26H26ClN5O/c1-18-7-9-21(13-23(18)27)25-30-16-22(26(31-25)32-12-11-20(14-28)17-32)15-29-24(33)10-8-19-5-3-2-4-6-19/h2-7,9,13,16,20H,11-12,14-15,17,28H2,1H3,(H,29,33). The molecule has 0 aliphatic carbocycles. The van der Waals surface area contributed by atoms with Gasteiger partial charge in [-0.25, -0.2) is 9.97 Å². The first-order valence-corrected chi connectivity index (χ1v) is 11.3. The number of carbonyl (C=O) groups excluding carboxylic acids is 1. The topological polar surface area (TPSA) is 84.1 Å². The van der Waals surface area contributed by atoms with Gasteiger partial charge in [0.15, 0.2) is 5.82 Å². The quantitative estimate of drug-likeness (QED) is 0.570. The SMILES string of the molecule is Cc1ccc(-c2ncc(CNC(=O)C#Cc3ccccc3)c(N3CCC(CN)C3)n2)cc1Cl. The van der Waals surface area contributed by atoms with E-state index in [-0.39, 0.29) is 12.5 Å². The highest BCUT2D eigenvalue weighted by Crippen LogP contribution is 2.29. The van der Waals surface area contributed by atoms with E-state index in [1.807, 2.05) is 55.5 Å². The molecule has 1 fully saturated rings. The second-order valence-electron chi connectivity index (χ2n) is 8.14. The zero-order chi connectivity index (χ0) is 23.2. The molecule has 1 aliphatic rings. The largest absolute Gasteiger partial charge is 0.356 e. The minimum Gasteiger partial charge on any atom is -0.356 e. The summed E-state index contributed by atoms with van der Waals surface area (Å²) in [4.78, 5) is 23.9. The number of aromatic nitrogens is 2. The number of halogens is 1. The Hall–Kier alpha value is -3.40. The maximum Gasteiger partial charge on any atom is 0.296 e. The van der Waals surface area contributed by atoms with E-state index in [2.05, 4.69) is 27.0 Å². The molecule has 4 rings (SSSR count). The van der Waals surface area contributed by atoms with E-state index in [1.165, 1.54) is 0 Å². The zero-order valence-electron chi connectivity index (χ0n) is 18.5. The van der Waals surface area contributed by atoms with Crippen molar-refractivity contribution in [3.8, 4) is 23.2 Å². The van der Waals surface area contributed by atoms with E-state index < -0.39 is 0 Å². The number of nitrogens with one attached hydrogen (secondary N) is 1. The number of amides is 1. The number of aryl methyl sites for hydroxylation is 1. The molecule has 0 radical (unpaired) electrons. The summed E-state index contributed by atoms with van der Waals surface area (Å²) >= 11 is 6.32. The van der Waals surface area contributed by atoms with E-state index in [1.54, 1.807) is 6.20 Å². The summed E-state index contributed by atoms with van der Waals surface area (Å²) in [6.45, 7) is 4.58. The zero-order valence-corrected chi connectivity index (χ0v) is 19.3. The molecule has 168 valence electrons. The highest BCUT2D eigenvalue weighted by atomic mass is 35.5. The Morgan fingerprint density at radius 3 is 2.82 bits per heavy atom. The Kier molecular flexibility index (Phi) is 7.23. The molecular weight excluding hydrogens is 434 g/mol. The smallest absolute Gasteiger partial charge is 0.296 e. The maximum absolute atomic E-state index is 12.3. The van der Waals surface area contributed by atoms with Crippen molar-refractivity contribution >= 4 is 23.3 Å². The third-order valence-electron chi connectivity index (χ3n) is 5.72. The van der Waals surface area contributed by atoms with Crippen LogP contribution in [0.5, 0.6) is 0 Å². The molecule has 7 heteroatoms. The predicted octanol–water partition coefficient (Wildman–Crippen LogP) is 3.56. The lowest BCUT2D eigenvalue weighted by Gasteiger charge is -2.21. The van der Waals surface area contributed by atoms with Crippen LogP contribution in [-0.2, 0) is 11.3 Å². The van der Waals surface area contributed by atoms with Gasteiger partial charge in [0.05, 0.1) is 0 Å². The van der Waals surface area contributed by atoms with Crippen molar-refractivity contribution in [1.82, 2.24) is 15.3 Å². The van der Waals surface area contributed by atoms with Crippen molar-refractivity contribution in [1.29, 1.82) is 0 Å². The molecule has 33 heavy (non-hydrogen) atoms. The Labute approximate surface area is 199 Å². The van der Waals surface area contributed by atoms with E-state index in [0.29, 0.717) is 23.3 Å². The molecule has 0 saturated carbocycles. The summed E-state index contributed by atoms with van der Waals surface area (Å²) in [6.07, 6.45) is 2.78. The van der Waals surface area contributed by atoms with Gasteiger partial charge in [0.1, 0.15) is 5.82 Å². The Morgan fingerprint density at radius 1 is 1.27 bits per heavy atom. The van der Waals surface area contributed by atoms with E-state index in [4.69, 9.17) is 22.3 Å². The summed E-state index contributed by atoms with van der Waals surface area (Å²) in [5.74, 6) is 7.00. The second-order valence-corrected chi connectivity index (χ2v) is 8.55. The first-order valence-electron chi connectivity index (χ1n) is 11.0. The highest BCUT2D eigenvalue weighted by molar-refractivity contribution is 6.31. The molecule has 1 aromatic heterocycles. The van der Waals surface area contributed by atoms with Crippen molar-refractivity contribution in [2.75, 3.05) is 24.5 Å². The molecule has 1 atom stereocenters. The van der Waals surface area contributed by atoms with Crippen LogP contribution < -0.4 is 16.0 Å². The number of rotatable bonds is 5. The molecule has 6 nitrogen and oxygen atoms in total. The minimum atomic E-state index is -0.347. The van der Waals surface area contributed by atoms with Crippen molar-refractivity contribution in [2.45, 2.75) is 19.9 Å². The molecule has 2 aromatic carbocycles. The summed E-state index contributed by atoms with van der Waals surface area (Å²) in [5.41, 5.74) is 9.38. The van der Waals surface area contributed by atoms with E-state index in [9.17, 15) is 4.79 Å². The fourth-order valence-corrected chi connectivity index (χ4v) is 3.94. The van der Waals surface area contributed by atoms with E-state index in [0.717, 1.165) is 47.6 Å². The van der Waals surface area contributed by atoms with Crippen LogP contribution in [0.2, 0.25) is 5.02 Å². The van der Waals surface area contributed by atoms with Gasteiger partial charge in [0, 0.05) is 53.5 Å². The van der Waals surface area contributed by atoms with E-state index >= 15 is 0 Å². The predicted molar refractivity (Wildman–Crippen MR) is 132 cm³/mol. The number of carbonyl (C=O) groups is 1. The molecule has 1 unspecified atom stereocenters. The summed E-state index contributed by atoms with van der Waals surface area (Å²) in [5, 5.41) is 3.55. The normalized spacial score (nSPS) is 15.1. The minimum absolute atomic E-state index is 0.288. The van der Waals surface area contributed by atoms with Crippen molar-refractivity contribution < 1.29 is 4.79 Å². The summed E-state index contributed by atoms with van der Waals surface area (Å²) in [7, 11) is 0. The fraction of sp³-hybridized carbons (Fsp3) is 0.269. The van der Waals surface area contributed by atoms with Crippen LogP contribution >= 0.6 is 11.6 Å². The molecule has 2 heterocycles. The molecule has 0 spiro atoms. The van der Waals surface area contributed by atoms with Crippen LogP contribution in [-0.4, -0.2) is 35.5 Å². The number of anilines is 1. The van der Waals surface area contributed by atoms with Gasteiger partial charge in [0.25, 0.3) is 5.91 Å². The van der Waals surface area contributed by atoms with Crippen molar-refractivity contribution in [3.05, 3.63) is 76.4 Å². The number of benzene rings is 2. The molecular formula is C26H26ClN5O. The Morgan fingerprint density at radius 2 is 2.09 bits per heavy atom. The molecule has 1 saturated heterocycles. The lowest BCUT2D eigenvalue weighted by Crippen LogP contribution is -2.27. The van der Waals surface area contributed by atoms with Crippen LogP contribution in [0, 0.1) is 24.7 Å². The van der Waals surface area contributed by atoms with Gasteiger partial charge < -0.3 is 16.0 Å². The Bertz CT molecular complexity index is 1200. The van der Waals surface area contributed by atoms with Gasteiger partial charge in [-0.3, -0.25) is 4.79 Å². The highest BCUT2D eigenvalue weighted by Gasteiger charge is 2.25. The van der Waals surface area contributed by atoms with Crippen LogP contribution in [0.1, 0.15) is 23.1 Å². The van der Waals surface area contributed by atoms with Gasteiger partial charge in [-0.05, 0) is 49.6 Å². The molecule has 3 N–H and O–H groups in total. The van der Waals surface area contributed by atoms with Gasteiger partial charge in [-0.2, -0.15) is 0 Å². The first kappa shape index (κ1) is 22.8. The van der Waals surface area contributed by atoms with Gasteiger partial charge in [-0.1, -0.05) is 47.9 Å². The van der Waals surface area contributed by atoms with Crippen LogP contribution in [0.4, 0.5) is 5.82 Å². The average molecular weight is 460 g/mol. The Balaban J connectivity index is 1.56. The summed E-state index contributed by atoms with van der Waals surface area (Å²) < 4.78 is 0. The molecule has 1 aliphatic heterocycles. The number of nitrogens with zero attached hydrogens (tertiary/aromatic N) is 3. The molecule has 0 bridgehead atoms. The van der Waals surface area contributed by atoms with Crippen molar-refractivity contribution in [3.63, 3.8) is 0 Å². The third kappa shape index (κ3) is 5.70. The lowest BCUT2D eigenvalue weighted by atomic mass is 10.1. The summed E-state index contributed by atoms with van der Waals surface area (Å²) in [6, 6.07) is 15.2. The third-order valence-corrected chi connectivity index (χ3v) is 6.13. The monoisotopic (exact) mass is 459 g/mol. The fourth-order valence-electron chi connectivity index (χ4n) is 3.75. The second kappa shape index (κ2) is 10.5. The molecule has 1 amide bonds. The number of nitrogens with two attached hydrogens (primary N) is 1. The van der Waals surface area contributed by atoms with Crippen LogP contribution in [0.25, 0.3) is 11.4 Å². The van der Waals surface area contributed by atoms with Crippen molar-refractivity contribution in [2.24, 2.45) is 11.7 Å². The molecule has 3 aromatic rings. The maximum atomic E-state index is 12.3. The number of hydrogen-bond acceptors (Lipinski definition) is 5. The van der Waals surface area contributed by atoms with Crippen LogP contribution in [0.15, 0.2) is 54.7 Å². The van der Waals surface area contributed by atoms with Gasteiger partial charge in [-0.15, -0.1) is 0 Å². The van der Waals surface area contributed by atoms with Gasteiger partial charge >= 0.3 is 0 Å². The number of hydrogen-bond donors (Lipinski definition) is 2. The van der Waals surface area contributed by atoms with Gasteiger partial charge in [0.2, 0.25) is 0 Å². The van der Waals surface area contributed by atoms with Crippen LogP contribution in [0.3, 0.4) is 0 Å². The first-order chi connectivity index (χ1) is 16.0. The average Bonchev–Trinajstić information content (AvgIpc) is 3.33. The lowest BCUT2D eigenvalue weighted by molar-refractivity contribution is -0.115.